The Hall–Kier alpha value is -3.18. The van der Waals surface area contributed by atoms with Crippen molar-refractivity contribution in [2.24, 2.45) is 5.92 Å². The predicted octanol–water partition coefficient (Wildman–Crippen LogP) is 0.0485. The van der Waals surface area contributed by atoms with E-state index in [2.05, 4.69) is 5.32 Å². The van der Waals surface area contributed by atoms with Gasteiger partial charge in [-0.1, -0.05) is 13.8 Å². The van der Waals surface area contributed by atoms with Crippen molar-refractivity contribution in [1.29, 1.82) is 0 Å². The van der Waals surface area contributed by atoms with Crippen molar-refractivity contribution in [3.05, 3.63) is 0 Å². The normalized spacial score (nSPS) is 14.2. The van der Waals surface area contributed by atoms with Gasteiger partial charge in [-0.15, -0.1) is 0 Å². The molecule has 0 aromatic rings. The maximum Gasteiger partial charge on any atom is 0.303 e. The summed E-state index contributed by atoms with van der Waals surface area (Å²) >= 11 is 0. The van der Waals surface area contributed by atoms with Crippen molar-refractivity contribution in [1.82, 2.24) is 5.32 Å². The van der Waals surface area contributed by atoms with Crippen LogP contribution in [-0.4, -0.2) is 73.3 Å². The molecule has 182 valence electrons. The molecule has 0 saturated heterocycles. The van der Waals surface area contributed by atoms with E-state index in [1.54, 1.807) is 0 Å². The average Bonchev–Trinajstić information content (AvgIpc) is 2.63. The van der Waals surface area contributed by atoms with E-state index >= 15 is 0 Å². The van der Waals surface area contributed by atoms with Gasteiger partial charge >= 0.3 is 29.8 Å². The largest absolute Gasteiger partial charge is 0.462 e. The molecule has 0 aliphatic carbocycles. The van der Waals surface area contributed by atoms with Crippen LogP contribution in [0.2, 0.25) is 0 Å². The molecule has 0 aromatic heterocycles. The second-order valence-corrected chi connectivity index (χ2v) is 7.27. The lowest BCUT2D eigenvalue weighted by Gasteiger charge is -2.34. The highest BCUT2D eigenvalue weighted by atomic mass is 16.6. The van der Waals surface area contributed by atoms with Crippen LogP contribution in [0.4, 0.5) is 0 Å². The molecule has 0 bridgehead atoms. The molecule has 0 rings (SSSR count). The highest BCUT2D eigenvalue weighted by Crippen LogP contribution is 2.20. The van der Waals surface area contributed by atoms with Crippen LogP contribution < -0.4 is 5.32 Å². The summed E-state index contributed by atoms with van der Waals surface area (Å²) in [6.45, 7) is 8.45. The minimum absolute atomic E-state index is 0.0335. The summed E-state index contributed by atoms with van der Waals surface area (Å²) in [7, 11) is 0. The molecule has 4 unspecified atom stereocenters. The quantitative estimate of drug-likeness (QED) is 0.309. The molecule has 0 aliphatic rings. The smallest absolute Gasteiger partial charge is 0.303 e. The molecule has 0 aliphatic heterocycles. The maximum absolute atomic E-state index is 12.8. The fraction of sp³-hybridized carbons (Fsp3) is 0.700. The van der Waals surface area contributed by atoms with Crippen LogP contribution in [0, 0.1) is 5.92 Å². The highest BCUT2D eigenvalue weighted by Gasteiger charge is 2.46. The summed E-state index contributed by atoms with van der Waals surface area (Å²) in [5, 5.41) is 2.54. The third-order valence-electron chi connectivity index (χ3n) is 3.60. The first-order chi connectivity index (χ1) is 14.7. The molecule has 0 fully saturated rings. The van der Waals surface area contributed by atoms with E-state index in [0.717, 1.165) is 34.6 Å². The number of hydrogen-bond acceptors (Lipinski definition) is 11. The molecule has 0 radical (unpaired) electrons. The molecular weight excluding hydrogens is 430 g/mol. The number of amides is 1. The van der Waals surface area contributed by atoms with Gasteiger partial charge in [-0.3, -0.25) is 28.8 Å². The molecule has 0 aromatic carbocycles. The van der Waals surface area contributed by atoms with E-state index < -0.39 is 66.8 Å². The molecule has 1 amide bonds. The number of nitrogens with one attached hydrogen (secondary N) is 1. The van der Waals surface area contributed by atoms with Crippen LogP contribution in [0.3, 0.4) is 0 Å². The monoisotopic (exact) mass is 461 g/mol. The van der Waals surface area contributed by atoms with Gasteiger partial charge < -0.3 is 29.0 Å². The van der Waals surface area contributed by atoms with Crippen LogP contribution in [0.1, 0.15) is 48.5 Å². The lowest BCUT2D eigenvalue weighted by atomic mass is 10.0. The first-order valence-corrected chi connectivity index (χ1v) is 9.84. The fourth-order valence-corrected chi connectivity index (χ4v) is 2.50. The van der Waals surface area contributed by atoms with Crippen molar-refractivity contribution < 1.29 is 52.5 Å². The molecular formula is C20H31NO11. The topological polar surface area (TPSA) is 161 Å². The molecule has 4 atom stereocenters. The number of carbonyl (C=O) groups is 6. The number of ether oxygens (including phenoxy) is 5. The minimum atomic E-state index is -1.77. The number of hydrogen-bond donors (Lipinski definition) is 1. The van der Waals surface area contributed by atoms with Gasteiger partial charge in [0, 0.05) is 41.2 Å². The van der Waals surface area contributed by atoms with Crippen LogP contribution in [0.25, 0.3) is 0 Å². The molecule has 0 spiro atoms. The number of rotatable bonds is 12. The second-order valence-electron chi connectivity index (χ2n) is 7.27. The summed E-state index contributed by atoms with van der Waals surface area (Å²) in [4.78, 5) is 71.0. The predicted molar refractivity (Wildman–Crippen MR) is 107 cm³/mol. The van der Waals surface area contributed by atoms with Crippen molar-refractivity contribution in [2.75, 3.05) is 13.2 Å². The van der Waals surface area contributed by atoms with Crippen molar-refractivity contribution in [3.63, 3.8) is 0 Å². The third kappa shape index (κ3) is 11.9. The first kappa shape index (κ1) is 28.8. The van der Waals surface area contributed by atoms with Crippen LogP contribution in [-0.2, 0) is 52.5 Å². The van der Waals surface area contributed by atoms with Crippen LogP contribution in [0.15, 0.2) is 0 Å². The van der Waals surface area contributed by atoms with E-state index in [1.807, 2.05) is 13.8 Å². The summed E-state index contributed by atoms with van der Waals surface area (Å²) in [6.07, 6.45) is -6.64. The van der Waals surface area contributed by atoms with Gasteiger partial charge in [-0.25, -0.2) is 0 Å². The summed E-state index contributed by atoms with van der Waals surface area (Å²) in [5.41, 5.74) is 0. The van der Waals surface area contributed by atoms with E-state index in [0.29, 0.717) is 0 Å². The van der Waals surface area contributed by atoms with Crippen LogP contribution >= 0.6 is 0 Å². The summed E-state index contributed by atoms with van der Waals surface area (Å²) < 4.78 is 25.4. The Labute approximate surface area is 186 Å². The SMILES string of the molecule is CC(=O)OCC(OC(C)=O)C(OC(C)=O)C(OC(C)=O)C(OC(C)=O)C(=O)NCC(C)C. The van der Waals surface area contributed by atoms with Gasteiger partial charge in [0.25, 0.3) is 5.91 Å². The molecule has 32 heavy (non-hydrogen) atoms. The molecule has 12 heteroatoms. The lowest BCUT2D eigenvalue weighted by Crippen LogP contribution is -2.57. The second kappa shape index (κ2) is 14.0. The zero-order valence-corrected chi connectivity index (χ0v) is 19.3. The maximum atomic E-state index is 12.8. The van der Waals surface area contributed by atoms with Crippen molar-refractivity contribution >= 4 is 35.8 Å². The Kier molecular flexibility index (Phi) is 12.6. The van der Waals surface area contributed by atoms with Crippen LogP contribution in [0.5, 0.6) is 0 Å². The van der Waals surface area contributed by atoms with E-state index in [-0.39, 0.29) is 12.5 Å². The van der Waals surface area contributed by atoms with Crippen molar-refractivity contribution in [3.8, 4) is 0 Å². The molecule has 12 nitrogen and oxygen atoms in total. The van der Waals surface area contributed by atoms with E-state index in [1.165, 1.54) is 0 Å². The molecule has 0 heterocycles. The van der Waals surface area contributed by atoms with Crippen molar-refractivity contribution in [2.45, 2.75) is 72.9 Å². The Bertz CT molecular complexity index is 704. The van der Waals surface area contributed by atoms with Gasteiger partial charge in [0.2, 0.25) is 6.10 Å². The fourth-order valence-electron chi connectivity index (χ4n) is 2.50. The van der Waals surface area contributed by atoms with Gasteiger partial charge in [0.05, 0.1) is 0 Å². The van der Waals surface area contributed by atoms with Gasteiger partial charge in [0.15, 0.2) is 18.3 Å². The highest BCUT2D eigenvalue weighted by molar-refractivity contribution is 5.84. The van der Waals surface area contributed by atoms with Gasteiger partial charge in [-0.05, 0) is 5.92 Å². The Morgan fingerprint density at radius 2 is 1.12 bits per heavy atom. The lowest BCUT2D eigenvalue weighted by molar-refractivity contribution is -0.203. The zero-order chi connectivity index (χ0) is 25.0. The molecule has 1 N–H and O–H groups in total. The summed E-state index contributed by atoms with van der Waals surface area (Å²) in [6, 6.07) is 0. The van der Waals surface area contributed by atoms with E-state index in [9.17, 15) is 28.8 Å². The summed E-state index contributed by atoms with van der Waals surface area (Å²) in [5.74, 6) is -5.07. The number of esters is 5. The first-order valence-electron chi connectivity index (χ1n) is 9.84. The van der Waals surface area contributed by atoms with Gasteiger partial charge in [-0.2, -0.15) is 0 Å². The third-order valence-corrected chi connectivity index (χ3v) is 3.60. The Morgan fingerprint density at radius 3 is 1.53 bits per heavy atom. The Morgan fingerprint density at radius 1 is 0.656 bits per heavy atom. The zero-order valence-electron chi connectivity index (χ0n) is 19.3. The minimum Gasteiger partial charge on any atom is -0.462 e. The average molecular weight is 461 g/mol. The van der Waals surface area contributed by atoms with Gasteiger partial charge in [0.1, 0.15) is 6.61 Å². The Balaban J connectivity index is 6.37. The molecule has 0 saturated carbocycles. The number of carbonyl (C=O) groups excluding carboxylic acids is 6. The van der Waals surface area contributed by atoms with E-state index in [4.69, 9.17) is 23.7 Å². The standard InChI is InChI=1S/C20H31NO11/c1-10(2)8-21-20(27)19(32-15(7)26)18(31-14(6)25)17(30-13(5)24)16(29-12(4)23)9-28-11(3)22/h10,16-19H,8-9H2,1-7H3,(H,21,27).